The third-order valence-corrected chi connectivity index (χ3v) is 9.70. The Balaban J connectivity index is 1.24. The van der Waals surface area contributed by atoms with Gasteiger partial charge in [0.05, 0.1) is 39.4 Å². The van der Waals surface area contributed by atoms with E-state index in [-0.39, 0.29) is 0 Å². The van der Waals surface area contributed by atoms with Crippen molar-refractivity contribution in [2.24, 2.45) is 0 Å². The van der Waals surface area contributed by atoms with Crippen LogP contribution in [0.2, 0.25) is 0 Å². The fourth-order valence-electron chi connectivity index (χ4n) is 7.71. The molecule has 48 heavy (non-hydrogen) atoms. The fraction of sp³-hybridized carbons (Fsp3) is 0.0455. The van der Waals surface area contributed by atoms with Crippen LogP contribution in [0.25, 0.3) is 71.9 Å². The molecular formula is C44H28N4. The normalized spacial score (nSPS) is 12.5. The molecule has 9 rings (SSSR count). The van der Waals surface area contributed by atoms with Gasteiger partial charge in [-0.2, -0.15) is 10.5 Å². The Morgan fingerprint density at radius 3 is 1.85 bits per heavy atom. The van der Waals surface area contributed by atoms with Crippen molar-refractivity contribution in [1.82, 2.24) is 9.13 Å². The van der Waals surface area contributed by atoms with Crippen LogP contribution in [0.4, 0.5) is 0 Å². The molecule has 0 aliphatic heterocycles. The van der Waals surface area contributed by atoms with E-state index in [9.17, 15) is 10.5 Å². The monoisotopic (exact) mass is 612 g/mol. The lowest BCUT2D eigenvalue weighted by Gasteiger charge is -2.18. The average Bonchev–Trinajstić information content (AvgIpc) is 3.68. The quantitative estimate of drug-likeness (QED) is 0.199. The van der Waals surface area contributed by atoms with Crippen molar-refractivity contribution in [2.45, 2.75) is 12.8 Å². The van der Waals surface area contributed by atoms with Gasteiger partial charge < -0.3 is 9.13 Å². The minimum absolute atomic E-state index is 0.636. The zero-order valence-corrected chi connectivity index (χ0v) is 26.1. The number of allylic oxidation sites excluding steroid dienone is 2. The Morgan fingerprint density at radius 2 is 1.12 bits per heavy atom. The molecule has 0 saturated heterocycles. The van der Waals surface area contributed by atoms with Crippen LogP contribution in [0.5, 0.6) is 0 Å². The summed E-state index contributed by atoms with van der Waals surface area (Å²) in [5.41, 5.74) is 12.7. The maximum atomic E-state index is 10.8. The van der Waals surface area contributed by atoms with Crippen molar-refractivity contribution in [1.29, 1.82) is 10.5 Å². The standard InChI is InChI=1S/C44H28N4/c45-27-30-13-10-25-43-44(30)37-18-4-8-24-42(37)47(43)31-14-9-12-29(26-31)32-19-11-20-33(38(32)28-46)34-15-1-5-21-39(34)48-40-22-6-2-16-35(40)36-17-3-7-23-41(36)48/h1-9,11-24,26H,10,25H2. The van der Waals surface area contributed by atoms with Crippen molar-refractivity contribution in [3.63, 3.8) is 0 Å². The number of rotatable bonds is 4. The maximum absolute atomic E-state index is 10.8. The van der Waals surface area contributed by atoms with Gasteiger partial charge in [-0.1, -0.05) is 109 Å². The van der Waals surface area contributed by atoms with E-state index < -0.39 is 0 Å². The molecule has 4 nitrogen and oxygen atoms in total. The van der Waals surface area contributed by atoms with Crippen LogP contribution in [0.15, 0.2) is 146 Å². The van der Waals surface area contributed by atoms with Crippen LogP contribution in [-0.4, -0.2) is 9.13 Å². The van der Waals surface area contributed by atoms with E-state index in [1.165, 1.54) is 10.8 Å². The van der Waals surface area contributed by atoms with Gasteiger partial charge in [0.1, 0.15) is 6.07 Å². The van der Waals surface area contributed by atoms with E-state index in [1.807, 2.05) is 18.2 Å². The van der Waals surface area contributed by atoms with Gasteiger partial charge in [-0.05, 0) is 54.8 Å². The summed E-state index contributed by atoms with van der Waals surface area (Å²) in [5.74, 6) is 0. The van der Waals surface area contributed by atoms with Gasteiger partial charge >= 0.3 is 0 Å². The lowest BCUT2D eigenvalue weighted by molar-refractivity contribution is 0.885. The lowest BCUT2D eigenvalue weighted by atomic mass is 9.91. The minimum atomic E-state index is 0.636. The van der Waals surface area contributed by atoms with Crippen LogP contribution >= 0.6 is 0 Å². The summed E-state index contributed by atoms with van der Waals surface area (Å²) in [5, 5.41) is 24.3. The first kappa shape index (κ1) is 27.7. The Hall–Kier alpha value is -6.62. The fourth-order valence-corrected chi connectivity index (χ4v) is 7.71. The topological polar surface area (TPSA) is 57.4 Å². The molecule has 0 unspecified atom stereocenters. The molecule has 4 heteroatoms. The van der Waals surface area contributed by atoms with Crippen LogP contribution < -0.4 is 0 Å². The molecule has 0 radical (unpaired) electrons. The third kappa shape index (κ3) is 4.07. The Labute approximate surface area is 278 Å². The minimum Gasteiger partial charge on any atom is -0.313 e. The van der Waals surface area contributed by atoms with E-state index in [1.54, 1.807) is 0 Å². The summed E-state index contributed by atoms with van der Waals surface area (Å²) in [4.78, 5) is 0. The number of hydrogen-bond donors (Lipinski definition) is 0. The molecule has 2 aromatic heterocycles. The molecule has 0 atom stereocenters. The Morgan fingerprint density at radius 1 is 0.521 bits per heavy atom. The summed E-state index contributed by atoms with van der Waals surface area (Å²) < 4.78 is 4.62. The molecule has 8 aromatic rings. The first-order chi connectivity index (χ1) is 23.8. The predicted molar refractivity (Wildman–Crippen MR) is 195 cm³/mol. The number of nitriles is 2. The molecule has 6 aromatic carbocycles. The van der Waals surface area contributed by atoms with Crippen molar-refractivity contribution >= 4 is 38.3 Å². The number of fused-ring (bicyclic) bond motifs is 6. The first-order valence-electron chi connectivity index (χ1n) is 16.2. The predicted octanol–water partition coefficient (Wildman–Crippen LogP) is 10.8. The number of aromatic nitrogens is 2. The maximum Gasteiger partial charge on any atom is 0.100 e. The van der Waals surface area contributed by atoms with Crippen LogP contribution in [-0.2, 0) is 6.42 Å². The second-order valence-electron chi connectivity index (χ2n) is 12.2. The highest BCUT2D eigenvalue weighted by Crippen LogP contribution is 2.41. The molecule has 1 aliphatic carbocycles. The SMILES string of the molecule is N#CC1=CCCc2c1c1ccccc1n2-c1cccc(-c2cccc(-c3ccccc3-n3c4ccccc4c4ccccc43)c2C#N)c1. The number of para-hydroxylation sites is 4. The van der Waals surface area contributed by atoms with Gasteiger partial charge in [0.15, 0.2) is 0 Å². The molecule has 0 N–H and O–H groups in total. The number of benzene rings is 6. The van der Waals surface area contributed by atoms with Gasteiger partial charge in [0.25, 0.3) is 0 Å². The summed E-state index contributed by atoms with van der Waals surface area (Å²) in [6.45, 7) is 0. The third-order valence-electron chi connectivity index (χ3n) is 9.70. The second kappa shape index (κ2) is 11.0. The van der Waals surface area contributed by atoms with Crippen molar-refractivity contribution in [3.8, 4) is 45.8 Å². The smallest absolute Gasteiger partial charge is 0.100 e. The number of nitrogens with zero attached hydrogens (tertiary/aromatic N) is 4. The zero-order valence-electron chi connectivity index (χ0n) is 26.1. The highest BCUT2D eigenvalue weighted by Gasteiger charge is 2.24. The molecular weight excluding hydrogens is 585 g/mol. The van der Waals surface area contributed by atoms with Gasteiger partial charge in [-0.15, -0.1) is 0 Å². The van der Waals surface area contributed by atoms with Gasteiger partial charge in [-0.25, -0.2) is 0 Å². The summed E-state index contributed by atoms with van der Waals surface area (Å²) in [6, 6.07) is 53.3. The summed E-state index contributed by atoms with van der Waals surface area (Å²) >= 11 is 0. The van der Waals surface area contributed by atoms with Gasteiger partial charge in [0, 0.05) is 49.8 Å². The van der Waals surface area contributed by atoms with E-state index in [0.717, 1.165) is 85.2 Å². The zero-order chi connectivity index (χ0) is 32.2. The van der Waals surface area contributed by atoms with E-state index >= 15 is 0 Å². The van der Waals surface area contributed by atoms with E-state index in [4.69, 9.17) is 0 Å². The number of hydrogen-bond acceptors (Lipinski definition) is 2. The van der Waals surface area contributed by atoms with E-state index in [0.29, 0.717) is 5.56 Å². The molecule has 0 amide bonds. The molecule has 0 spiro atoms. The molecule has 224 valence electrons. The largest absolute Gasteiger partial charge is 0.313 e. The Bertz CT molecular complexity index is 2650. The van der Waals surface area contributed by atoms with Gasteiger partial charge in [-0.3, -0.25) is 0 Å². The first-order valence-corrected chi connectivity index (χ1v) is 16.2. The van der Waals surface area contributed by atoms with Crippen molar-refractivity contribution in [2.75, 3.05) is 0 Å². The molecule has 0 saturated carbocycles. The Kier molecular flexibility index (Phi) is 6.35. The highest BCUT2D eigenvalue weighted by molar-refractivity contribution is 6.10. The summed E-state index contributed by atoms with van der Waals surface area (Å²) in [7, 11) is 0. The van der Waals surface area contributed by atoms with Crippen molar-refractivity contribution in [3.05, 3.63) is 162 Å². The molecule has 1 aliphatic rings. The second-order valence-corrected chi connectivity index (χ2v) is 12.2. The lowest BCUT2D eigenvalue weighted by Crippen LogP contribution is -2.05. The van der Waals surface area contributed by atoms with Crippen LogP contribution in [0.1, 0.15) is 23.2 Å². The summed E-state index contributed by atoms with van der Waals surface area (Å²) in [6.07, 6.45) is 3.74. The van der Waals surface area contributed by atoms with Crippen molar-refractivity contribution < 1.29 is 0 Å². The van der Waals surface area contributed by atoms with Crippen LogP contribution in [0, 0.1) is 22.7 Å². The molecule has 0 bridgehead atoms. The van der Waals surface area contributed by atoms with Crippen LogP contribution in [0.3, 0.4) is 0 Å². The molecule has 0 fully saturated rings. The highest BCUT2D eigenvalue weighted by atomic mass is 15.0. The average molecular weight is 613 g/mol. The molecule has 2 heterocycles. The van der Waals surface area contributed by atoms with Gasteiger partial charge in [0.2, 0.25) is 0 Å². The van der Waals surface area contributed by atoms with E-state index in [2.05, 4.69) is 149 Å².